The number of amides is 2. The lowest BCUT2D eigenvalue weighted by molar-refractivity contribution is -0.117. The molecule has 0 radical (unpaired) electrons. The Labute approximate surface area is 141 Å². The molecule has 0 fully saturated rings. The third-order valence-electron chi connectivity index (χ3n) is 2.95. The monoisotopic (exact) mass is 384 g/mol. The van der Waals surface area contributed by atoms with Crippen molar-refractivity contribution >= 4 is 44.9 Å². The Balaban J connectivity index is 1.97. The molecule has 1 atom stereocenters. The maximum atomic E-state index is 12.2. The molecule has 6 nitrogen and oxygen atoms in total. The predicted octanol–water partition coefficient (Wildman–Crippen LogP) is 3.05. The number of hydrogen-bond acceptors (Lipinski definition) is 4. The molecule has 0 aliphatic rings. The first-order chi connectivity index (χ1) is 10.4. The van der Waals surface area contributed by atoms with Gasteiger partial charge in [0.25, 0.3) is 5.91 Å². The van der Waals surface area contributed by atoms with Gasteiger partial charge in [0.1, 0.15) is 11.9 Å². The summed E-state index contributed by atoms with van der Waals surface area (Å²) >= 11 is 4.63. The quantitative estimate of drug-likeness (QED) is 0.831. The van der Waals surface area contributed by atoms with Crippen molar-refractivity contribution in [1.29, 1.82) is 0 Å². The summed E-state index contributed by atoms with van der Waals surface area (Å²) in [6.45, 7) is 5.59. The Kier molecular flexibility index (Phi) is 5.36. The summed E-state index contributed by atoms with van der Waals surface area (Å²) < 4.78 is 2.58. The van der Waals surface area contributed by atoms with Crippen LogP contribution in [0.4, 0.5) is 5.82 Å². The average Bonchev–Trinajstić information content (AvgIpc) is 3.07. The number of nitrogens with zero attached hydrogens (tertiary/aromatic N) is 2. The molecule has 0 aliphatic carbocycles. The molecule has 0 spiro atoms. The van der Waals surface area contributed by atoms with Crippen molar-refractivity contribution in [2.75, 3.05) is 5.32 Å². The molecule has 2 N–H and O–H groups in total. The van der Waals surface area contributed by atoms with Crippen LogP contribution in [0.2, 0.25) is 0 Å². The molecule has 2 amide bonds. The number of aromatic nitrogens is 2. The Morgan fingerprint density at radius 2 is 2.00 bits per heavy atom. The zero-order valence-corrected chi connectivity index (χ0v) is 14.9. The first kappa shape index (κ1) is 16.7. The van der Waals surface area contributed by atoms with E-state index in [1.165, 1.54) is 11.3 Å². The fourth-order valence-electron chi connectivity index (χ4n) is 1.83. The minimum Gasteiger partial charge on any atom is -0.340 e. The van der Waals surface area contributed by atoms with Crippen molar-refractivity contribution in [3.05, 3.63) is 33.1 Å². The lowest BCUT2D eigenvalue weighted by Crippen LogP contribution is -2.41. The molecule has 0 saturated heterocycles. The molecule has 0 aliphatic heterocycles. The van der Waals surface area contributed by atoms with E-state index in [4.69, 9.17) is 0 Å². The van der Waals surface area contributed by atoms with E-state index in [-0.39, 0.29) is 17.9 Å². The zero-order chi connectivity index (χ0) is 16.3. The molecule has 1 unspecified atom stereocenters. The van der Waals surface area contributed by atoms with Crippen LogP contribution in [0.5, 0.6) is 0 Å². The van der Waals surface area contributed by atoms with Gasteiger partial charge in [0.15, 0.2) is 0 Å². The van der Waals surface area contributed by atoms with Gasteiger partial charge in [0.05, 0.1) is 14.9 Å². The molecule has 2 rings (SSSR count). The minimum absolute atomic E-state index is 0.138. The van der Waals surface area contributed by atoms with E-state index in [2.05, 4.69) is 31.7 Å². The van der Waals surface area contributed by atoms with Crippen LogP contribution in [0.15, 0.2) is 28.2 Å². The molecular weight excluding hydrogens is 368 g/mol. The summed E-state index contributed by atoms with van der Waals surface area (Å²) in [5.41, 5.74) is 0. The van der Waals surface area contributed by atoms with Gasteiger partial charge in [-0.15, -0.1) is 11.3 Å². The van der Waals surface area contributed by atoms with E-state index in [1.807, 2.05) is 13.8 Å². The number of anilines is 1. The van der Waals surface area contributed by atoms with E-state index in [9.17, 15) is 9.59 Å². The number of thiophene rings is 1. The first-order valence-electron chi connectivity index (χ1n) is 6.79. The summed E-state index contributed by atoms with van der Waals surface area (Å²) in [6, 6.07) is 4.72. The summed E-state index contributed by atoms with van der Waals surface area (Å²) in [5.74, 6) is 0.0575. The highest BCUT2D eigenvalue weighted by atomic mass is 79.9. The highest BCUT2D eigenvalue weighted by molar-refractivity contribution is 9.11. The van der Waals surface area contributed by atoms with E-state index < -0.39 is 6.04 Å². The van der Waals surface area contributed by atoms with Crippen molar-refractivity contribution in [2.24, 2.45) is 0 Å². The van der Waals surface area contributed by atoms with Crippen LogP contribution in [-0.4, -0.2) is 27.6 Å². The van der Waals surface area contributed by atoms with Gasteiger partial charge in [-0.1, -0.05) is 0 Å². The largest absolute Gasteiger partial charge is 0.340 e. The van der Waals surface area contributed by atoms with E-state index in [0.29, 0.717) is 10.7 Å². The maximum Gasteiger partial charge on any atom is 0.262 e. The number of rotatable bonds is 5. The fourth-order valence-corrected chi connectivity index (χ4v) is 3.12. The third-order valence-corrected chi connectivity index (χ3v) is 4.57. The van der Waals surface area contributed by atoms with Crippen LogP contribution in [0.3, 0.4) is 0 Å². The summed E-state index contributed by atoms with van der Waals surface area (Å²) in [5, 5.41) is 9.60. The van der Waals surface area contributed by atoms with Gasteiger partial charge in [0, 0.05) is 12.1 Å². The third kappa shape index (κ3) is 3.95. The van der Waals surface area contributed by atoms with Crippen molar-refractivity contribution in [2.45, 2.75) is 32.9 Å². The molecule has 0 bridgehead atoms. The van der Waals surface area contributed by atoms with Crippen LogP contribution < -0.4 is 10.6 Å². The second-order valence-electron chi connectivity index (χ2n) is 5.04. The normalized spacial score (nSPS) is 12.2. The zero-order valence-electron chi connectivity index (χ0n) is 12.5. The van der Waals surface area contributed by atoms with Gasteiger partial charge in [-0.3, -0.25) is 9.59 Å². The number of hydrogen-bond donors (Lipinski definition) is 2. The highest BCUT2D eigenvalue weighted by Crippen LogP contribution is 2.22. The second-order valence-corrected chi connectivity index (χ2v) is 7.51. The molecular formula is C14H17BrN4O2S. The van der Waals surface area contributed by atoms with Gasteiger partial charge in [-0.2, -0.15) is 5.10 Å². The van der Waals surface area contributed by atoms with E-state index >= 15 is 0 Å². The molecule has 2 aromatic rings. The maximum absolute atomic E-state index is 12.2. The molecule has 118 valence electrons. The molecule has 2 aromatic heterocycles. The first-order valence-corrected chi connectivity index (χ1v) is 8.40. The van der Waals surface area contributed by atoms with Gasteiger partial charge in [0.2, 0.25) is 5.91 Å². The minimum atomic E-state index is -0.649. The Morgan fingerprint density at radius 1 is 1.27 bits per heavy atom. The smallest absolute Gasteiger partial charge is 0.262 e. The molecule has 8 heteroatoms. The lowest BCUT2D eigenvalue weighted by Gasteiger charge is -2.15. The predicted molar refractivity (Wildman–Crippen MR) is 90.2 cm³/mol. The molecule has 0 aromatic carbocycles. The van der Waals surface area contributed by atoms with Crippen LogP contribution in [0.1, 0.15) is 36.5 Å². The average molecular weight is 385 g/mol. The summed E-state index contributed by atoms with van der Waals surface area (Å²) in [7, 11) is 0. The fraction of sp³-hybridized carbons (Fsp3) is 0.357. The number of nitrogens with one attached hydrogen (secondary N) is 2. The molecule has 0 saturated carbocycles. The Morgan fingerprint density at radius 3 is 2.59 bits per heavy atom. The van der Waals surface area contributed by atoms with Gasteiger partial charge >= 0.3 is 0 Å². The standard InChI is InChI=1S/C14H17BrN4O2S/c1-8(2)19-12(6-7-16-19)18-13(20)9(3)17-14(21)10-4-5-11(15)22-10/h4-9H,1-3H3,(H,17,21)(H,18,20). The molecule has 2 heterocycles. The topological polar surface area (TPSA) is 76.0 Å². The summed E-state index contributed by atoms with van der Waals surface area (Å²) in [6.07, 6.45) is 1.63. The van der Waals surface area contributed by atoms with Crippen molar-refractivity contribution in [3.63, 3.8) is 0 Å². The van der Waals surface area contributed by atoms with Crippen LogP contribution in [-0.2, 0) is 4.79 Å². The van der Waals surface area contributed by atoms with Gasteiger partial charge < -0.3 is 10.6 Å². The van der Waals surface area contributed by atoms with Crippen LogP contribution in [0.25, 0.3) is 0 Å². The molecule has 22 heavy (non-hydrogen) atoms. The lowest BCUT2D eigenvalue weighted by atomic mass is 10.3. The number of halogens is 1. The van der Waals surface area contributed by atoms with Gasteiger partial charge in [-0.25, -0.2) is 4.68 Å². The Bertz CT molecular complexity index is 680. The van der Waals surface area contributed by atoms with Crippen LogP contribution in [0, 0.1) is 0 Å². The number of carbonyl (C=O) groups is 2. The van der Waals surface area contributed by atoms with Gasteiger partial charge in [-0.05, 0) is 48.8 Å². The number of carbonyl (C=O) groups excluding carboxylic acids is 2. The van der Waals surface area contributed by atoms with Crippen molar-refractivity contribution in [1.82, 2.24) is 15.1 Å². The Hall–Kier alpha value is -1.67. The SMILES string of the molecule is CC(NC(=O)c1ccc(Br)s1)C(=O)Nc1ccnn1C(C)C. The van der Waals surface area contributed by atoms with E-state index in [1.54, 1.807) is 36.0 Å². The summed E-state index contributed by atoms with van der Waals surface area (Å²) in [4.78, 5) is 24.8. The van der Waals surface area contributed by atoms with Crippen molar-refractivity contribution < 1.29 is 9.59 Å². The van der Waals surface area contributed by atoms with E-state index in [0.717, 1.165) is 3.79 Å². The highest BCUT2D eigenvalue weighted by Gasteiger charge is 2.19. The van der Waals surface area contributed by atoms with Crippen molar-refractivity contribution in [3.8, 4) is 0 Å². The van der Waals surface area contributed by atoms with Crippen LogP contribution >= 0.6 is 27.3 Å². The second kappa shape index (κ2) is 7.06.